The number of methoxy groups -OCH3 is 3. The summed E-state index contributed by atoms with van der Waals surface area (Å²) in [4.78, 5) is 15.0. The van der Waals surface area contributed by atoms with Crippen molar-refractivity contribution in [1.82, 2.24) is 0 Å². The summed E-state index contributed by atoms with van der Waals surface area (Å²) in [5.41, 5.74) is 1.99. The monoisotopic (exact) mass is 363 g/mol. The molecule has 0 heterocycles. The van der Waals surface area contributed by atoms with Crippen LogP contribution in [0.5, 0.6) is 17.2 Å². The van der Waals surface area contributed by atoms with Gasteiger partial charge in [-0.2, -0.15) is 0 Å². The molecule has 0 spiro atoms. The molecule has 0 aliphatic carbocycles. The van der Waals surface area contributed by atoms with Crippen molar-refractivity contribution in [3.05, 3.63) is 78.4 Å². The van der Waals surface area contributed by atoms with Gasteiger partial charge in [-0.25, -0.2) is 0 Å². The maximum atomic E-state index is 13.3. The lowest BCUT2D eigenvalue weighted by Crippen LogP contribution is -2.25. The van der Waals surface area contributed by atoms with Crippen molar-refractivity contribution in [1.29, 1.82) is 0 Å². The van der Waals surface area contributed by atoms with Crippen LogP contribution in [0.2, 0.25) is 0 Å². The van der Waals surface area contributed by atoms with Crippen LogP contribution in [0.15, 0.2) is 72.8 Å². The second kappa shape index (κ2) is 8.27. The van der Waals surface area contributed by atoms with E-state index in [1.165, 1.54) is 0 Å². The third-order valence-electron chi connectivity index (χ3n) is 4.18. The SMILES string of the molecule is COc1ccc(C(=O)N(c2ccc(OC)cc2)c2cccc(OC)c2)cc1. The van der Waals surface area contributed by atoms with Gasteiger partial charge in [0.05, 0.1) is 27.0 Å². The molecule has 0 unspecified atom stereocenters. The minimum atomic E-state index is -0.156. The zero-order valence-corrected chi connectivity index (χ0v) is 15.5. The minimum absolute atomic E-state index is 0.156. The Bertz CT molecular complexity index is 904. The van der Waals surface area contributed by atoms with Crippen LogP contribution in [0, 0.1) is 0 Å². The maximum Gasteiger partial charge on any atom is 0.262 e. The fourth-order valence-electron chi connectivity index (χ4n) is 2.73. The average molecular weight is 363 g/mol. The lowest BCUT2D eigenvalue weighted by Gasteiger charge is -2.24. The quantitative estimate of drug-likeness (QED) is 0.637. The number of rotatable bonds is 6. The second-order valence-electron chi connectivity index (χ2n) is 5.77. The number of hydrogen-bond donors (Lipinski definition) is 0. The first-order chi connectivity index (χ1) is 13.2. The zero-order chi connectivity index (χ0) is 19.2. The highest BCUT2D eigenvalue weighted by molar-refractivity contribution is 6.11. The third-order valence-corrected chi connectivity index (χ3v) is 4.18. The van der Waals surface area contributed by atoms with E-state index in [2.05, 4.69) is 0 Å². The predicted molar refractivity (Wildman–Crippen MR) is 105 cm³/mol. The van der Waals surface area contributed by atoms with Gasteiger partial charge in [0.25, 0.3) is 5.91 Å². The van der Waals surface area contributed by atoms with Gasteiger partial charge in [0.2, 0.25) is 0 Å². The fraction of sp³-hybridized carbons (Fsp3) is 0.136. The van der Waals surface area contributed by atoms with Crippen LogP contribution < -0.4 is 19.1 Å². The third kappa shape index (κ3) is 4.03. The Morgan fingerprint density at radius 1 is 0.667 bits per heavy atom. The van der Waals surface area contributed by atoms with Gasteiger partial charge in [0, 0.05) is 17.3 Å². The van der Waals surface area contributed by atoms with Crippen LogP contribution >= 0.6 is 0 Å². The smallest absolute Gasteiger partial charge is 0.262 e. The van der Waals surface area contributed by atoms with Crippen molar-refractivity contribution < 1.29 is 19.0 Å². The molecule has 5 nitrogen and oxygen atoms in total. The lowest BCUT2D eigenvalue weighted by molar-refractivity contribution is 0.0999. The molecule has 3 aromatic rings. The van der Waals surface area contributed by atoms with Gasteiger partial charge in [-0.05, 0) is 60.7 Å². The molecule has 0 saturated carbocycles. The lowest BCUT2D eigenvalue weighted by atomic mass is 10.1. The normalized spacial score (nSPS) is 10.2. The van der Waals surface area contributed by atoms with Gasteiger partial charge in [0.15, 0.2) is 0 Å². The maximum absolute atomic E-state index is 13.3. The topological polar surface area (TPSA) is 48.0 Å². The Hall–Kier alpha value is -3.47. The van der Waals surface area contributed by atoms with E-state index in [1.54, 1.807) is 50.5 Å². The van der Waals surface area contributed by atoms with Crippen LogP contribution in [0.3, 0.4) is 0 Å². The summed E-state index contributed by atoms with van der Waals surface area (Å²) >= 11 is 0. The van der Waals surface area contributed by atoms with Gasteiger partial charge in [-0.3, -0.25) is 9.69 Å². The molecule has 27 heavy (non-hydrogen) atoms. The summed E-state index contributed by atoms with van der Waals surface area (Å²) in [6.45, 7) is 0. The Kier molecular flexibility index (Phi) is 5.61. The van der Waals surface area contributed by atoms with Crippen LogP contribution in [-0.4, -0.2) is 27.2 Å². The number of anilines is 2. The Morgan fingerprint density at radius 3 is 1.78 bits per heavy atom. The molecule has 3 rings (SSSR count). The number of amides is 1. The summed E-state index contributed by atoms with van der Waals surface area (Å²) in [5, 5.41) is 0. The van der Waals surface area contributed by atoms with Crippen molar-refractivity contribution in [3.8, 4) is 17.2 Å². The van der Waals surface area contributed by atoms with Crippen molar-refractivity contribution in [3.63, 3.8) is 0 Å². The highest BCUT2D eigenvalue weighted by atomic mass is 16.5. The van der Waals surface area contributed by atoms with E-state index in [-0.39, 0.29) is 5.91 Å². The van der Waals surface area contributed by atoms with E-state index in [9.17, 15) is 4.79 Å². The fourth-order valence-corrected chi connectivity index (χ4v) is 2.73. The summed E-state index contributed by atoms with van der Waals surface area (Å²) in [7, 11) is 4.80. The molecule has 0 atom stereocenters. The average Bonchev–Trinajstić information content (AvgIpc) is 2.74. The molecule has 0 bridgehead atoms. The van der Waals surface area contributed by atoms with Gasteiger partial charge in [0.1, 0.15) is 17.2 Å². The first-order valence-corrected chi connectivity index (χ1v) is 8.43. The molecule has 0 N–H and O–H groups in total. The van der Waals surface area contributed by atoms with E-state index < -0.39 is 0 Å². The number of ether oxygens (including phenoxy) is 3. The van der Waals surface area contributed by atoms with Crippen molar-refractivity contribution in [2.24, 2.45) is 0 Å². The van der Waals surface area contributed by atoms with Gasteiger partial charge < -0.3 is 14.2 Å². The number of benzene rings is 3. The molecular formula is C22H21NO4. The number of hydrogen-bond acceptors (Lipinski definition) is 4. The standard InChI is InChI=1S/C22H21NO4/c1-25-19-11-7-16(8-12-19)22(24)23(17-9-13-20(26-2)14-10-17)18-5-4-6-21(15-18)27-3/h4-15H,1-3H3. The number of nitrogens with zero attached hydrogens (tertiary/aromatic N) is 1. The van der Waals surface area contributed by atoms with E-state index in [0.29, 0.717) is 22.7 Å². The summed E-state index contributed by atoms with van der Waals surface area (Å²) in [6.07, 6.45) is 0. The molecule has 0 aromatic heterocycles. The summed E-state index contributed by atoms with van der Waals surface area (Å²) < 4.78 is 15.7. The highest BCUT2D eigenvalue weighted by Gasteiger charge is 2.20. The van der Waals surface area contributed by atoms with Crippen molar-refractivity contribution in [2.45, 2.75) is 0 Å². The molecule has 0 fully saturated rings. The molecule has 0 saturated heterocycles. The largest absolute Gasteiger partial charge is 0.497 e. The number of carbonyl (C=O) groups excluding carboxylic acids is 1. The van der Waals surface area contributed by atoms with Gasteiger partial charge >= 0.3 is 0 Å². The molecule has 1 amide bonds. The molecular weight excluding hydrogens is 342 g/mol. The zero-order valence-electron chi connectivity index (χ0n) is 15.5. The molecule has 5 heteroatoms. The Balaban J connectivity index is 2.05. The van der Waals surface area contributed by atoms with E-state index in [1.807, 2.05) is 48.5 Å². The van der Waals surface area contributed by atoms with Crippen LogP contribution in [0.25, 0.3) is 0 Å². The molecule has 0 radical (unpaired) electrons. The predicted octanol–water partition coefficient (Wildman–Crippen LogP) is 4.69. The second-order valence-corrected chi connectivity index (χ2v) is 5.77. The van der Waals surface area contributed by atoms with E-state index in [4.69, 9.17) is 14.2 Å². The Labute approximate surface area is 158 Å². The van der Waals surface area contributed by atoms with Crippen LogP contribution in [0.4, 0.5) is 11.4 Å². The Morgan fingerprint density at radius 2 is 1.22 bits per heavy atom. The number of carbonyl (C=O) groups is 1. The summed E-state index contributed by atoms with van der Waals surface area (Å²) in [6, 6.07) is 21.8. The van der Waals surface area contributed by atoms with E-state index >= 15 is 0 Å². The van der Waals surface area contributed by atoms with Crippen molar-refractivity contribution in [2.75, 3.05) is 26.2 Å². The molecule has 0 aliphatic rings. The first-order valence-electron chi connectivity index (χ1n) is 8.43. The van der Waals surface area contributed by atoms with E-state index in [0.717, 1.165) is 11.4 Å². The van der Waals surface area contributed by atoms with Gasteiger partial charge in [-0.15, -0.1) is 0 Å². The van der Waals surface area contributed by atoms with Gasteiger partial charge in [-0.1, -0.05) is 6.07 Å². The molecule has 3 aromatic carbocycles. The summed E-state index contributed by atoms with van der Waals surface area (Å²) in [5.74, 6) is 1.94. The van der Waals surface area contributed by atoms with Crippen molar-refractivity contribution >= 4 is 17.3 Å². The molecule has 138 valence electrons. The molecule has 0 aliphatic heterocycles. The highest BCUT2D eigenvalue weighted by Crippen LogP contribution is 2.31. The first kappa shape index (κ1) is 18.3. The van der Waals surface area contributed by atoms with Crippen LogP contribution in [-0.2, 0) is 0 Å². The van der Waals surface area contributed by atoms with Crippen LogP contribution in [0.1, 0.15) is 10.4 Å². The minimum Gasteiger partial charge on any atom is -0.497 e.